The third kappa shape index (κ3) is 2.44. The number of aryl methyl sites for hydroxylation is 2. The zero-order valence-corrected chi connectivity index (χ0v) is 10.0. The Kier molecular flexibility index (Phi) is 3.61. The van der Waals surface area contributed by atoms with Crippen LogP contribution in [0, 0.1) is 12.8 Å². The molecule has 0 spiro atoms. The average molecular weight is 224 g/mol. The van der Waals surface area contributed by atoms with E-state index in [2.05, 4.69) is 18.1 Å². The van der Waals surface area contributed by atoms with Gasteiger partial charge in [-0.15, -0.1) is 0 Å². The van der Waals surface area contributed by atoms with E-state index in [0.29, 0.717) is 13.2 Å². The van der Waals surface area contributed by atoms with Crippen LogP contribution in [0.1, 0.15) is 24.7 Å². The second-order valence-electron chi connectivity index (χ2n) is 4.49. The van der Waals surface area contributed by atoms with Crippen molar-refractivity contribution in [1.82, 2.24) is 9.78 Å². The van der Waals surface area contributed by atoms with E-state index in [4.69, 9.17) is 4.74 Å². The first kappa shape index (κ1) is 11.6. The highest BCUT2D eigenvalue weighted by Crippen LogP contribution is 2.20. The number of aromatic nitrogens is 2. The second-order valence-corrected chi connectivity index (χ2v) is 4.49. The highest BCUT2D eigenvalue weighted by molar-refractivity contribution is 5.10. The van der Waals surface area contributed by atoms with Gasteiger partial charge in [-0.2, -0.15) is 5.10 Å². The van der Waals surface area contributed by atoms with Gasteiger partial charge in [-0.05, 0) is 32.8 Å². The Labute approximate surface area is 96.2 Å². The van der Waals surface area contributed by atoms with Gasteiger partial charge in [0.2, 0.25) is 0 Å². The van der Waals surface area contributed by atoms with Crippen LogP contribution in [-0.2, 0) is 17.7 Å². The lowest BCUT2D eigenvalue weighted by atomic mass is 9.93. The number of hydrogen-bond acceptors (Lipinski definition) is 3. The van der Waals surface area contributed by atoms with Crippen LogP contribution in [0.2, 0.25) is 0 Å². The fraction of sp³-hybridized carbons (Fsp3) is 0.750. The van der Waals surface area contributed by atoms with Gasteiger partial charge >= 0.3 is 0 Å². The van der Waals surface area contributed by atoms with E-state index in [1.165, 1.54) is 5.69 Å². The Morgan fingerprint density at radius 1 is 1.62 bits per heavy atom. The highest BCUT2D eigenvalue weighted by atomic mass is 16.5. The average Bonchev–Trinajstić information content (AvgIpc) is 2.62. The lowest BCUT2D eigenvalue weighted by Gasteiger charge is -2.27. The van der Waals surface area contributed by atoms with Crippen LogP contribution >= 0.6 is 0 Å². The summed E-state index contributed by atoms with van der Waals surface area (Å²) in [6.45, 7) is 6.32. The molecule has 2 rings (SSSR count). The van der Waals surface area contributed by atoms with Gasteiger partial charge in [0.1, 0.15) is 0 Å². The summed E-state index contributed by atoms with van der Waals surface area (Å²) in [5.74, 6) is 0.218. The lowest BCUT2D eigenvalue weighted by molar-refractivity contribution is -0.0356. The first-order valence-corrected chi connectivity index (χ1v) is 6.00. The number of aliphatic hydroxyl groups excluding tert-OH is 1. The third-order valence-electron chi connectivity index (χ3n) is 3.19. The van der Waals surface area contributed by atoms with Crippen molar-refractivity contribution in [2.24, 2.45) is 5.92 Å². The van der Waals surface area contributed by atoms with E-state index >= 15 is 0 Å². The molecule has 1 fully saturated rings. The molecule has 1 aromatic rings. The van der Waals surface area contributed by atoms with E-state index in [0.717, 1.165) is 25.1 Å². The zero-order valence-electron chi connectivity index (χ0n) is 10.0. The van der Waals surface area contributed by atoms with Gasteiger partial charge in [-0.1, -0.05) is 0 Å². The predicted molar refractivity (Wildman–Crippen MR) is 61.3 cm³/mol. The summed E-state index contributed by atoms with van der Waals surface area (Å²) in [5, 5.41) is 14.3. The molecule has 2 unspecified atom stereocenters. The Bertz CT molecular complexity index is 349. The standard InChI is InChI=1S/C12H20N2O2/c1-3-14-11(6-9(2)13-14)7-10-8-16-5-4-12(10)15/h6,10,12,15H,3-5,7-8H2,1-2H3. The maximum atomic E-state index is 9.89. The monoisotopic (exact) mass is 224 g/mol. The Morgan fingerprint density at radius 3 is 3.12 bits per heavy atom. The van der Waals surface area contributed by atoms with Crippen LogP contribution in [0.4, 0.5) is 0 Å². The number of hydrogen-bond donors (Lipinski definition) is 1. The molecule has 1 aliphatic heterocycles. The molecule has 1 N–H and O–H groups in total. The van der Waals surface area contributed by atoms with Gasteiger partial charge in [0.15, 0.2) is 0 Å². The molecule has 0 aliphatic carbocycles. The van der Waals surface area contributed by atoms with Crippen molar-refractivity contribution in [2.75, 3.05) is 13.2 Å². The number of ether oxygens (including phenoxy) is 1. The van der Waals surface area contributed by atoms with Crippen LogP contribution in [-0.4, -0.2) is 34.2 Å². The number of rotatable bonds is 3. The van der Waals surface area contributed by atoms with E-state index < -0.39 is 0 Å². The van der Waals surface area contributed by atoms with Crippen molar-refractivity contribution in [2.45, 2.75) is 39.3 Å². The highest BCUT2D eigenvalue weighted by Gasteiger charge is 2.25. The van der Waals surface area contributed by atoms with Crippen LogP contribution in [0.25, 0.3) is 0 Å². The Morgan fingerprint density at radius 2 is 2.44 bits per heavy atom. The molecule has 0 amide bonds. The fourth-order valence-electron chi connectivity index (χ4n) is 2.29. The van der Waals surface area contributed by atoms with Crippen molar-refractivity contribution in [1.29, 1.82) is 0 Å². The summed E-state index contributed by atoms with van der Waals surface area (Å²) < 4.78 is 7.43. The second kappa shape index (κ2) is 4.97. The van der Waals surface area contributed by atoms with E-state index in [9.17, 15) is 5.11 Å². The molecule has 2 heterocycles. The summed E-state index contributed by atoms with van der Waals surface area (Å²) in [4.78, 5) is 0. The minimum Gasteiger partial charge on any atom is -0.393 e. The lowest BCUT2D eigenvalue weighted by Crippen LogP contribution is -2.33. The van der Waals surface area contributed by atoms with Gasteiger partial charge in [-0.25, -0.2) is 0 Å². The molecule has 4 heteroatoms. The first-order valence-electron chi connectivity index (χ1n) is 6.00. The van der Waals surface area contributed by atoms with Crippen molar-refractivity contribution < 1.29 is 9.84 Å². The molecule has 90 valence electrons. The Balaban J connectivity index is 2.06. The van der Waals surface area contributed by atoms with Crippen LogP contribution < -0.4 is 0 Å². The van der Waals surface area contributed by atoms with Gasteiger partial charge in [-0.3, -0.25) is 4.68 Å². The number of nitrogens with zero attached hydrogens (tertiary/aromatic N) is 2. The summed E-state index contributed by atoms with van der Waals surface area (Å²) in [6.07, 6.45) is 1.38. The summed E-state index contributed by atoms with van der Waals surface area (Å²) in [5.41, 5.74) is 2.25. The topological polar surface area (TPSA) is 47.3 Å². The molecule has 16 heavy (non-hydrogen) atoms. The van der Waals surface area contributed by atoms with Crippen molar-refractivity contribution in [3.8, 4) is 0 Å². The summed E-state index contributed by atoms with van der Waals surface area (Å²) in [6, 6.07) is 2.10. The minimum absolute atomic E-state index is 0.218. The molecular formula is C12H20N2O2. The molecule has 4 nitrogen and oxygen atoms in total. The van der Waals surface area contributed by atoms with Crippen molar-refractivity contribution in [3.63, 3.8) is 0 Å². The van der Waals surface area contributed by atoms with E-state index in [-0.39, 0.29) is 12.0 Å². The summed E-state index contributed by atoms with van der Waals surface area (Å²) >= 11 is 0. The quantitative estimate of drug-likeness (QED) is 0.838. The van der Waals surface area contributed by atoms with Crippen molar-refractivity contribution >= 4 is 0 Å². The zero-order chi connectivity index (χ0) is 11.5. The normalized spacial score (nSPS) is 25.9. The van der Waals surface area contributed by atoms with Crippen LogP contribution in [0.15, 0.2) is 6.07 Å². The molecule has 2 atom stereocenters. The predicted octanol–water partition coefficient (Wildman–Crippen LogP) is 1.15. The molecule has 0 radical (unpaired) electrons. The molecule has 1 saturated heterocycles. The van der Waals surface area contributed by atoms with E-state index in [1.54, 1.807) is 0 Å². The minimum atomic E-state index is -0.228. The SMILES string of the molecule is CCn1nc(C)cc1CC1COCCC1O. The Hall–Kier alpha value is -0.870. The fourth-order valence-corrected chi connectivity index (χ4v) is 2.29. The largest absolute Gasteiger partial charge is 0.393 e. The maximum Gasteiger partial charge on any atom is 0.0616 e. The molecule has 1 aromatic heterocycles. The summed E-state index contributed by atoms with van der Waals surface area (Å²) in [7, 11) is 0. The molecule has 0 saturated carbocycles. The van der Waals surface area contributed by atoms with Gasteiger partial charge in [0.05, 0.1) is 18.4 Å². The maximum absolute atomic E-state index is 9.89. The molecule has 1 aliphatic rings. The van der Waals surface area contributed by atoms with Gasteiger partial charge in [0.25, 0.3) is 0 Å². The molecular weight excluding hydrogens is 204 g/mol. The third-order valence-corrected chi connectivity index (χ3v) is 3.19. The van der Waals surface area contributed by atoms with Crippen LogP contribution in [0.5, 0.6) is 0 Å². The van der Waals surface area contributed by atoms with Gasteiger partial charge < -0.3 is 9.84 Å². The first-order chi connectivity index (χ1) is 7.70. The molecule has 0 bridgehead atoms. The number of aliphatic hydroxyl groups is 1. The van der Waals surface area contributed by atoms with E-state index in [1.807, 2.05) is 11.6 Å². The van der Waals surface area contributed by atoms with Gasteiger partial charge in [0, 0.05) is 24.8 Å². The van der Waals surface area contributed by atoms with Crippen LogP contribution in [0.3, 0.4) is 0 Å². The van der Waals surface area contributed by atoms with Crippen molar-refractivity contribution in [3.05, 3.63) is 17.5 Å². The molecule has 0 aromatic carbocycles. The smallest absolute Gasteiger partial charge is 0.0616 e.